The van der Waals surface area contributed by atoms with Gasteiger partial charge in [-0.25, -0.2) is 0 Å². The number of ether oxygens (including phenoxy) is 1. The molecule has 0 spiro atoms. The van der Waals surface area contributed by atoms with E-state index >= 15 is 0 Å². The molecule has 6 heteroatoms. The topological polar surface area (TPSA) is 77.1 Å². The van der Waals surface area contributed by atoms with E-state index in [2.05, 4.69) is 6.26 Å². The first-order valence-electron chi connectivity index (χ1n) is 5.39. The normalized spacial score (nSPS) is 15.1. The Morgan fingerprint density at radius 3 is 2.50 bits per heavy atom. The van der Waals surface area contributed by atoms with Crippen LogP contribution in [0.5, 0.6) is 0 Å². The molecule has 0 unspecified atom stereocenters. The van der Waals surface area contributed by atoms with Crippen LogP contribution in [0, 0.1) is 10.8 Å². The highest BCUT2D eigenvalue weighted by Crippen LogP contribution is 2.06. The van der Waals surface area contributed by atoms with Gasteiger partial charge in [-0.3, -0.25) is 4.79 Å². The Morgan fingerprint density at radius 2 is 1.94 bits per heavy atom. The summed E-state index contributed by atoms with van der Waals surface area (Å²) in [5, 5.41) is 12.0. The quantitative estimate of drug-likeness (QED) is 0.540. The summed E-state index contributed by atoms with van der Waals surface area (Å²) in [5.74, 6) is 1.46. The van der Waals surface area contributed by atoms with Gasteiger partial charge in [0.05, 0.1) is 13.2 Å². The fraction of sp³-hybridized carbons (Fsp3) is 0.900. The van der Waals surface area contributed by atoms with Crippen molar-refractivity contribution in [2.45, 2.75) is 19.3 Å². The minimum Gasteiger partial charge on any atom is -0.378 e. The van der Waals surface area contributed by atoms with E-state index in [1.165, 1.54) is 0 Å². The Balaban J connectivity index is 0.00000106. The summed E-state index contributed by atoms with van der Waals surface area (Å²) in [6.45, 7) is 2.97. The first-order valence-corrected chi connectivity index (χ1v) is 6.78. The molecular weight excluding hydrogens is 226 g/mol. The molecule has 0 aromatic carbocycles. The number of carbonyl (C=O) groups excluding carboxylic acids is 1. The van der Waals surface area contributed by atoms with Gasteiger partial charge in [-0.2, -0.15) is 11.8 Å². The molecule has 16 heavy (non-hydrogen) atoms. The van der Waals surface area contributed by atoms with Gasteiger partial charge in [-0.15, -0.1) is 0 Å². The van der Waals surface area contributed by atoms with Crippen molar-refractivity contribution in [1.29, 1.82) is 10.8 Å². The number of nitrogens with zero attached hydrogens (tertiary/aromatic N) is 3. The summed E-state index contributed by atoms with van der Waals surface area (Å²) in [7, 11) is 0. The van der Waals surface area contributed by atoms with E-state index in [9.17, 15) is 4.79 Å². The van der Waals surface area contributed by atoms with Gasteiger partial charge in [-0.05, 0) is 24.9 Å². The van der Waals surface area contributed by atoms with E-state index in [0.29, 0.717) is 25.5 Å². The van der Waals surface area contributed by atoms with E-state index < -0.39 is 0 Å². The SMILES string of the molecule is CSCCCCC(=O)N1CCOCC1.N#N. The van der Waals surface area contributed by atoms with Gasteiger partial charge >= 0.3 is 0 Å². The van der Waals surface area contributed by atoms with Crippen molar-refractivity contribution < 1.29 is 9.53 Å². The second-order valence-corrected chi connectivity index (χ2v) is 4.43. The molecule has 1 heterocycles. The molecule has 0 aromatic rings. The molecule has 1 fully saturated rings. The first-order chi connectivity index (χ1) is 7.84. The average Bonchev–Trinajstić information content (AvgIpc) is 2.38. The monoisotopic (exact) mass is 245 g/mol. The third-order valence-corrected chi connectivity index (χ3v) is 3.05. The van der Waals surface area contributed by atoms with E-state index in [-0.39, 0.29) is 0 Å². The van der Waals surface area contributed by atoms with Crippen LogP contribution < -0.4 is 0 Å². The van der Waals surface area contributed by atoms with Crippen molar-refractivity contribution in [2.24, 2.45) is 0 Å². The zero-order valence-corrected chi connectivity index (χ0v) is 10.5. The van der Waals surface area contributed by atoms with Crippen LogP contribution in [0.15, 0.2) is 0 Å². The van der Waals surface area contributed by atoms with Crippen LogP contribution in [0.2, 0.25) is 0 Å². The van der Waals surface area contributed by atoms with E-state index in [1.807, 2.05) is 16.7 Å². The third-order valence-electron chi connectivity index (χ3n) is 2.35. The average molecular weight is 245 g/mol. The lowest BCUT2D eigenvalue weighted by Gasteiger charge is -2.26. The lowest BCUT2D eigenvalue weighted by Crippen LogP contribution is -2.40. The molecule has 5 nitrogen and oxygen atoms in total. The number of hydrogen-bond acceptors (Lipinski definition) is 5. The molecule has 0 atom stereocenters. The summed E-state index contributed by atoms with van der Waals surface area (Å²) in [6.07, 6.45) is 4.98. The molecule has 0 bridgehead atoms. The molecule has 1 aliphatic rings. The van der Waals surface area contributed by atoms with Gasteiger partial charge < -0.3 is 9.64 Å². The number of thioether (sulfide) groups is 1. The fourth-order valence-corrected chi connectivity index (χ4v) is 1.99. The minimum absolute atomic E-state index is 0.300. The molecule has 0 N–H and O–H groups in total. The fourth-order valence-electron chi connectivity index (χ4n) is 1.49. The third kappa shape index (κ3) is 6.64. The maximum absolute atomic E-state index is 11.6. The minimum atomic E-state index is 0.300. The van der Waals surface area contributed by atoms with Crippen LogP contribution in [0.3, 0.4) is 0 Å². The standard InChI is InChI=1S/C10H19NO2S.N2/c1-14-9-3-2-4-10(12)11-5-7-13-8-6-11;1-2/h2-9H2,1H3;. The molecule has 0 radical (unpaired) electrons. The van der Waals surface area contributed by atoms with Gasteiger partial charge in [0.25, 0.3) is 0 Å². The lowest BCUT2D eigenvalue weighted by atomic mass is 10.2. The second-order valence-electron chi connectivity index (χ2n) is 3.44. The predicted octanol–water partition coefficient (Wildman–Crippen LogP) is 1.41. The summed E-state index contributed by atoms with van der Waals surface area (Å²) < 4.78 is 5.20. The number of hydrogen-bond donors (Lipinski definition) is 0. The molecule has 1 amide bonds. The molecule has 0 aliphatic carbocycles. The Labute approximate surface area is 101 Å². The van der Waals surface area contributed by atoms with Crippen LogP contribution in [-0.4, -0.2) is 49.1 Å². The molecular formula is C10H19N3O2S. The number of rotatable bonds is 5. The molecule has 0 aromatic heterocycles. The smallest absolute Gasteiger partial charge is 0.222 e. The van der Waals surface area contributed by atoms with Gasteiger partial charge in [-0.1, -0.05) is 0 Å². The van der Waals surface area contributed by atoms with E-state index in [4.69, 9.17) is 15.5 Å². The molecule has 1 aliphatic heterocycles. The highest BCUT2D eigenvalue weighted by atomic mass is 32.2. The summed E-state index contributed by atoms with van der Waals surface area (Å²) in [6, 6.07) is 0. The van der Waals surface area contributed by atoms with Crippen LogP contribution in [0.25, 0.3) is 0 Å². The number of carbonyl (C=O) groups is 1. The maximum atomic E-state index is 11.6. The predicted molar refractivity (Wildman–Crippen MR) is 63.1 cm³/mol. The summed E-state index contributed by atoms with van der Waals surface area (Å²) in [4.78, 5) is 13.5. The van der Waals surface area contributed by atoms with Gasteiger partial charge in [0, 0.05) is 30.3 Å². The first kappa shape index (κ1) is 15.2. The van der Waals surface area contributed by atoms with Crippen LogP contribution in [0.4, 0.5) is 0 Å². The second kappa shape index (κ2) is 10.7. The van der Waals surface area contributed by atoms with Crippen molar-refractivity contribution in [3.63, 3.8) is 0 Å². The van der Waals surface area contributed by atoms with Crippen molar-refractivity contribution in [1.82, 2.24) is 4.90 Å². The molecule has 0 saturated carbocycles. The number of amides is 1. The molecule has 1 rings (SSSR count). The Morgan fingerprint density at radius 1 is 1.31 bits per heavy atom. The van der Waals surface area contributed by atoms with E-state index in [0.717, 1.165) is 31.7 Å². The zero-order valence-electron chi connectivity index (χ0n) is 9.72. The molecule has 92 valence electrons. The van der Waals surface area contributed by atoms with Crippen LogP contribution in [0.1, 0.15) is 19.3 Å². The van der Waals surface area contributed by atoms with Crippen molar-refractivity contribution in [3.05, 3.63) is 0 Å². The Bertz CT molecular complexity index is 205. The van der Waals surface area contributed by atoms with Crippen molar-refractivity contribution >= 4 is 17.7 Å². The summed E-state index contributed by atoms with van der Waals surface area (Å²) in [5.41, 5.74) is 0. The Kier molecular flexibility index (Phi) is 10.2. The maximum Gasteiger partial charge on any atom is 0.222 e. The Hall–Kier alpha value is -0.800. The highest BCUT2D eigenvalue weighted by Gasteiger charge is 2.15. The van der Waals surface area contributed by atoms with E-state index in [1.54, 1.807) is 0 Å². The summed E-state index contributed by atoms with van der Waals surface area (Å²) >= 11 is 1.84. The van der Waals surface area contributed by atoms with Gasteiger partial charge in [0.1, 0.15) is 0 Å². The zero-order chi connectivity index (χ0) is 12.2. The van der Waals surface area contributed by atoms with Crippen molar-refractivity contribution in [2.75, 3.05) is 38.3 Å². The number of unbranched alkanes of at least 4 members (excludes halogenated alkanes) is 1. The lowest BCUT2D eigenvalue weighted by molar-refractivity contribution is -0.135. The number of morpholine rings is 1. The van der Waals surface area contributed by atoms with Crippen LogP contribution in [-0.2, 0) is 9.53 Å². The van der Waals surface area contributed by atoms with Crippen LogP contribution >= 0.6 is 11.8 Å². The molecule has 1 saturated heterocycles. The largest absolute Gasteiger partial charge is 0.378 e. The highest BCUT2D eigenvalue weighted by molar-refractivity contribution is 7.98. The van der Waals surface area contributed by atoms with Gasteiger partial charge in [0.15, 0.2) is 0 Å². The van der Waals surface area contributed by atoms with Crippen molar-refractivity contribution in [3.8, 4) is 0 Å². The van der Waals surface area contributed by atoms with Gasteiger partial charge in [0.2, 0.25) is 5.91 Å².